The van der Waals surface area contributed by atoms with Crippen LogP contribution in [0.3, 0.4) is 0 Å². The van der Waals surface area contributed by atoms with Crippen molar-refractivity contribution in [3.05, 3.63) is 68.5 Å². The molecule has 4 rings (SSSR count). The average Bonchev–Trinajstić information content (AvgIpc) is 3.08. The number of ether oxygens (including phenoxy) is 2. The molecule has 0 unspecified atom stereocenters. The van der Waals surface area contributed by atoms with Crippen molar-refractivity contribution >= 4 is 64.1 Å². The van der Waals surface area contributed by atoms with Crippen molar-refractivity contribution < 1.29 is 28.7 Å². The molecule has 8 nitrogen and oxygen atoms in total. The summed E-state index contributed by atoms with van der Waals surface area (Å²) in [5.41, 5.74) is 0.491. The summed E-state index contributed by atoms with van der Waals surface area (Å²) in [5, 5.41) is 0.00841. The van der Waals surface area contributed by atoms with Crippen LogP contribution in [0.2, 0.25) is 10.0 Å². The maximum Gasteiger partial charge on any atom is 0.345 e. The van der Waals surface area contributed by atoms with E-state index in [1.807, 2.05) is 0 Å². The zero-order valence-electron chi connectivity index (χ0n) is 17.7. The topological polar surface area (TPSA) is 93.2 Å². The monoisotopic (exact) mass is 520 g/mol. The van der Waals surface area contributed by atoms with Gasteiger partial charge in [-0.15, -0.1) is 0 Å². The number of imide groups is 1. The van der Waals surface area contributed by atoms with Gasteiger partial charge in [-0.1, -0.05) is 35.3 Å². The molecule has 0 N–H and O–H groups in total. The smallest absolute Gasteiger partial charge is 0.345 e. The molecule has 0 spiro atoms. The summed E-state index contributed by atoms with van der Waals surface area (Å²) in [6.45, 7) is 1.29. The van der Waals surface area contributed by atoms with Crippen LogP contribution in [-0.4, -0.2) is 65.7 Å². The average molecular weight is 521 g/mol. The van der Waals surface area contributed by atoms with Crippen molar-refractivity contribution in [3.63, 3.8) is 0 Å². The molecule has 2 saturated heterocycles. The molecular weight excluding hydrogens is 503 g/mol. The molecule has 2 aromatic rings. The zero-order valence-corrected chi connectivity index (χ0v) is 20.0. The van der Waals surface area contributed by atoms with Gasteiger partial charge in [-0.25, -0.2) is 4.79 Å². The quantitative estimate of drug-likeness (QED) is 0.332. The van der Waals surface area contributed by atoms with Gasteiger partial charge in [-0.2, -0.15) is 0 Å². The third-order valence-electron chi connectivity index (χ3n) is 5.09. The molecule has 0 aromatic heterocycles. The molecule has 2 aliphatic rings. The van der Waals surface area contributed by atoms with E-state index in [-0.39, 0.29) is 33.7 Å². The lowest BCUT2D eigenvalue weighted by molar-refractivity contribution is -0.139. The second-order valence-electron chi connectivity index (χ2n) is 7.31. The Morgan fingerprint density at radius 1 is 1.09 bits per heavy atom. The molecule has 0 radical (unpaired) electrons. The number of carbonyl (C=O) groups is 4. The van der Waals surface area contributed by atoms with Gasteiger partial charge in [0.15, 0.2) is 0 Å². The second-order valence-corrected chi connectivity index (χ2v) is 9.15. The van der Waals surface area contributed by atoms with Gasteiger partial charge in [0.05, 0.1) is 28.7 Å². The zero-order chi connectivity index (χ0) is 24.2. The first-order valence-electron chi connectivity index (χ1n) is 10.2. The van der Waals surface area contributed by atoms with Crippen molar-refractivity contribution in [1.82, 2.24) is 9.80 Å². The van der Waals surface area contributed by atoms with Crippen molar-refractivity contribution in [1.29, 1.82) is 0 Å². The number of hydrogen-bond donors (Lipinski definition) is 0. The van der Waals surface area contributed by atoms with Crippen LogP contribution in [0.1, 0.15) is 15.9 Å². The molecule has 34 heavy (non-hydrogen) atoms. The van der Waals surface area contributed by atoms with E-state index in [9.17, 15) is 19.2 Å². The standard InChI is InChI=1S/C23H18Cl2N2O6S/c24-15-5-6-18(33-22(30)16-3-1-2-4-17(16)25)14(11-15)12-19-21(29)27(23(31)34-19)13-20(28)26-7-9-32-10-8-26/h1-6,11-12H,7-10,13H2/b19-12-. The molecule has 176 valence electrons. The van der Waals surface area contributed by atoms with Gasteiger partial charge in [0, 0.05) is 23.7 Å². The largest absolute Gasteiger partial charge is 0.422 e. The van der Waals surface area contributed by atoms with Gasteiger partial charge in [-0.3, -0.25) is 19.3 Å². The Bertz CT molecular complexity index is 1200. The molecule has 0 atom stereocenters. The number of carbonyl (C=O) groups excluding carboxylic acids is 4. The highest BCUT2D eigenvalue weighted by atomic mass is 35.5. The number of thioether (sulfide) groups is 1. The lowest BCUT2D eigenvalue weighted by Crippen LogP contribution is -2.46. The number of rotatable bonds is 5. The molecule has 2 heterocycles. The lowest BCUT2D eigenvalue weighted by atomic mass is 10.1. The van der Waals surface area contributed by atoms with Crippen molar-refractivity contribution in [2.24, 2.45) is 0 Å². The Balaban J connectivity index is 1.54. The van der Waals surface area contributed by atoms with Gasteiger partial charge < -0.3 is 14.4 Å². The Kier molecular flexibility index (Phi) is 7.57. The third-order valence-corrected chi connectivity index (χ3v) is 6.56. The van der Waals surface area contributed by atoms with Gasteiger partial charge >= 0.3 is 5.97 Å². The summed E-state index contributed by atoms with van der Waals surface area (Å²) in [7, 11) is 0. The maximum absolute atomic E-state index is 12.9. The Morgan fingerprint density at radius 2 is 1.82 bits per heavy atom. The van der Waals surface area contributed by atoms with Crippen molar-refractivity contribution in [2.45, 2.75) is 0 Å². The van der Waals surface area contributed by atoms with E-state index in [0.29, 0.717) is 48.7 Å². The van der Waals surface area contributed by atoms with Gasteiger partial charge in [0.2, 0.25) is 5.91 Å². The summed E-state index contributed by atoms with van der Waals surface area (Å²) in [6, 6.07) is 10.9. The fourth-order valence-electron chi connectivity index (χ4n) is 3.33. The Morgan fingerprint density at radius 3 is 2.56 bits per heavy atom. The van der Waals surface area contributed by atoms with Crippen LogP contribution in [-0.2, 0) is 14.3 Å². The minimum Gasteiger partial charge on any atom is -0.422 e. The number of nitrogens with zero attached hydrogens (tertiary/aromatic N) is 2. The number of benzene rings is 2. The molecule has 0 aliphatic carbocycles. The van der Waals surface area contributed by atoms with E-state index in [1.54, 1.807) is 23.1 Å². The molecule has 2 fully saturated rings. The van der Waals surface area contributed by atoms with E-state index >= 15 is 0 Å². The molecule has 11 heteroatoms. The highest BCUT2D eigenvalue weighted by Gasteiger charge is 2.37. The van der Waals surface area contributed by atoms with Gasteiger partial charge in [0.1, 0.15) is 12.3 Å². The first-order chi connectivity index (χ1) is 16.3. The molecule has 0 bridgehead atoms. The highest BCUT2D eigenvalue weighted by Crippen LogP contribution is 2.35. The second kappa shape index (κ2) is 10.6. The third kappa shape index (κ3) is 5.44. The molecule has 2 aromatic carbocycles. The lowest BCUT2D eigenvalue weighted by Gasteiger charge is -2.28. The Labute approximate surface area is 209 Å². The van der Waals surface area contributed by atoms with Crippen molar-refractivity contribution in [3.8, 4) is 5.75 Å². The number of amides is 3. The van der Waals surface area contributed by atoms with Crippen LogP contribution in [0.15, 0.2) is 47.4 Å². The van der Waals surface area contributed by atoms with Crippen molar-refractivity contribution in [2.75, 3.05) is 32.8 Å². The van der Waals surface area contributed by atoms with Gasteiger partial charge in [0.25, 0.3) is 11.1 Å². The van der Waals surface area contributed by atoms with Gasteiger partial charge in [-0.05, 0) is 48.2 Å². The first kappa shape index (κ1) is 24.3. The molecule has 2 aliphatic heterocycles. The summed E-state index contributed by atoms with van der Waals surface area (Å²) in [5.74, 6) is -1.50. The summed E-state index contributed by atoms with van der Waals surface area (Å²) >= 11 is 12.9. The predicted molar refractivity (Wildman–Crippen MR) is 128 cm³/mol. The van der Waals surface area contributed by atoms with Crippen LogP contribution in [0.5, 0.6) is 5.75 Å². The highest BCUT2D eigenvalue weighted by molar-refractivity contribution is 8.18. The van der Waals surface area contributed by atoms with E-state index in [2.05, 4.69) is 0 Å². The van der Waals surface area contributed by atoms with Crippen LogP contribution in [0.4, 0.5) is 4.79 Å². The van der Waals surface area contributed by atoms with E-state index in [4.69, 9.17) is 32.7 Å². The maximum atomic E-state index is 12.9. The predicted octanol–water partition coefficient (Wildman–Crippen LogP) is 4.11. The van der Waals surface area contributed by atoms with E-state index in [1.165, 1.54) is 30.3 Å². The summed E-state index contributed by atoms with van der Waals surface area (Å²) in [4.78, 5) is 53.0. The number of halogens is 2. The number of esters is 1. The van der Waals surface area contributed by atoms with Crippen LogP contribution < -0.4 is 4.74 Å². The molecule has 3 amide bonds. The van der Waals surface area contributed by atoms with Crippen LogP contribution in [0, 0.1) is 0 Å². The van der Waals surface area contributed by atoms with Crippen LogP contribution >= 0.6 is 35.0 Å². The minimum atomic E-state index is -0.688. The number of hydrogen-bond acceptors (Lipinski definition) is 7. The molecule has 0 saturated carbocycles. The number of morpholine rings is 1. The molecular formula is C23H18Cl2N2O6S. The first-order valence-corrected chi connectivity index (χ1v) is 11.8. The SMILES string of the molecule is O=C(Oc1ccc(Cl)cc1/C=C1\SC(=O)N(CC(=O)N2CCOCC2)C1=O)c1ccccc1Cl. The fourth-order valence-corrected chi connectivity index (χ4v) is 4.55. The van der Waals surface area contributed by atoms with Crippen LogP contribution in [0.25, 0.3) is 6.08 Å². The normalized spacial score (nSPS) is 17.4. The summed E-state index contributed by atoms with van der Waals surface area (Å²) < 4.78 is 10.7. The summed E-state index contributed by atoms with van der Waals surface area (Å²) in [6.07, 6.45) is 1.41. The van der Waals surface area contributed by atoms with E-state index in [0.717, 1.165) is 4.90 Å². The fraction of sp³-hybridized carbons (Fsp3) is 0.217. The Hall–Kier alpha value is -2.85. The van der Waals surface area contributed by atoms with E-state index < -0.39 is 17.1 Å². The minimum absolute atomic E-state index is 0.0806.